The first-order valence-corrected chi connectivity index (χ1v) is 5.29. The van der Waals surface area contributed by atoms with Gasteiger partial charge in [-0.25, -0.2) is 0 Å². The van der Waals surface area contributed by atoms with Crippen LogP contribution in [0.4, 0.5) is 0 Å². The van der Waals surface area contributed by atoms with Crippen LogP contribution in [-0.4, -0.2) is 5.11 Å². The van der Waals surface area contributed by atoms with E-state index in [1.165, 1.54) is 0 Å². The van der Waals surface area contributed by atoms with Crippen LogP contribution < -0.4 is 0 Å². The average molecular weight is 247 g/mol. The number of aliphatic hydroxyl groups excluding tert-OH is 1. The molecule has 0 spiro atoms. The molecule has 0 saturated carbocycles. The molecule has 66 valence electrons. The molecule has 0 fully saturated rings. The first kappa shape index (κ1) is 9.96. The smallest absolute Gasteiger partial charge is 0.107 e. The van der Waals surface area contributed by atoms with E-state index < -0.39 is 6.10 Å². The molecule has 3 heteroatoms. The van der Waals surface area contributed by atoms with Gasteiger partial charge in [0.05, 0.1) is 3.79 Å². The van der Waals surface area contributed by atoms with Gasteiger partial charge < -0.3 is 5.11 Å². The van der Waals surface area contributed by atoms with Crippen LogP contribution in [0.25, 0.3) is 0 Å². The summed E-state index contributed by atoms with van der Waals surface area (Å²) in [6.07, 6.45) is 1.39. The summed E-state index contributed by atoms with van der Waals surface area (Å²) in [7, 11) is 0. The van der Waals surface area contributed by atoms with E-state index in [4.69, 9.17) is 0 Å². The van der Waals surface area contributed by atoms with Crippen LogP contribution in [0.15, 0.2) is 27.6 Å². The van der Waals surface area contributed by atoms with Gasteiger partial charge >= 0.3 is 0 Å². The molecule has 0 saturated heterocycles. The third-order valence-corrected chi connectivity index (χ3v) is 3.07. The molecule has 0 aliphatic carbocycles. The first-order valence-electron chi connectivity index (χ1n) is 3.68. The molecule has 0 aliphatic heterocycles. The van der Waals surface area contributed by atoms with Gasteiger partial charge in [0.15, 0.2) is 0 Å². The predicted molar refractivity (Wildman–Crippen MR) is 56.4 cm³/mol. The molecule has 1 N–H and O–H groups in total. The Labute approximate surface area is 84.9 Å². The fourth-order valence-corrected chi connectivity index (χ4v) is 2.26. The van der Waals surface area contributed by atoms with Crippen molar-refractivity contribution >= 4 is 27.3 Å². The topological polar surface area (TPSA) is 20.2 Å². The highest BCUT2D eigenvalue weighted by Gasteiger charge is 2.05. The van der Waals surface area contributed by atoms with Gasteiger partial charge in [-0.3, -0.25) is 0 Å². The lowest BCUT2D eigenvalue weighted by molar-refractivity contribution is 0.231. The summed E-state index contributed by atoms with van der Waals surface area (Å²) < 4.78 is 1.05. The van der Waals surface area contributed by atoms with E-state index in [0.717, 1.165) is 14.2 Å². The van der Waals surface area contributed by atoms with Crippen molar-refractivity contribution in [3.8, 4) is 0 Å². The minimum Gasteiger partial charge on any atom is -0.383 e. The molecule has 1 atom stereocenters. The van der Waals surface area contributed by atoms with Crippen molar-refractivity contribution in [2.75, 3.05) is 0 Å². The minimum absolute atomic E-state index is 0.453. The Bertz CT molecular complexity index is 286. The molecule has 0 radical (unpaired) electrons. The van der Waals surface area contributed by atoms with Crippen LogP contribution in [0, 0.1) is 0 Å². The fraction of sp³-hybridized carbons (Fsp3) is 0.333. The van der Waals surface area contributed by atoms with Gasteiger partial charge in [0.25, 0.3) is 0 Å². The highest BCUT2D eigenvalue weighted by molar-refractivity contribution is 9.11. The van der Waals surface area contributed by atoms with Crippen LogP contribution in [0.5, 0.6) is 0 Å². The molecule has 0 bridgehead atoms. The summed E-state index contributed by atoms with van der Waals surface area (Å²) in [4.78, 5) is 0.975. The van der Waals surface area contributed by atoms with E-state index >= 15 is 0 Å². The summed E-state index contributed by atoms with van der Waals surface area (Å²) >= 11 is 4.91. The predicted octanol–water partition coefficient (Wildman–Crippen LogP) is 3.51. The van der Waals surface area contributed by atoms with Crippen LogP contribution in [0.3, 0.4) is 0 Å². The van der Waals surface area contributed by atoms with Gasteiger partial charge in [-0.15, -0.1) is 11.3 Å². The van der Waals surface area contributed by atoms with Gasteiger partial charge in [0.2, 0.25) is 0 Å². The van der Waals surface area contributed by atoms with E-state index in [1.807, 2.05) is 32.1 Å². The second-order valence-electron chi connectivity index (χ2n) is 2.83. The van der Waals surface area contributed by atoms with Crippen molar-refractivity contribution in [3.05, 3.63) is 32.4 Å². The van der Waals surface area contributed by atoms with Crippen LogP contribution in [-0.2, 0) is 0 Å². The van der Waals surface area contributed by atoms with Crippen molar-refractivity contribution in [2.24, 2.45) is 0 Å². The molecule has 0 amide bonds. The second kappa shape index (κ2) is 4.21. The molecule has 0 aromatic carbocycles. The highest BCUT2D eigenvalue weighted by atomic mass is 79.9. The lowest BCUT2D eigenvalue weighted by atomic mass is 10.2. The molecule has 1 nitrogen and oxygen atoms in total. The lowest BCUT2D eigenvalue weighted by Gasteiger charge is -2.01. The SMILES string of the molecule is CC(C)=CC(O)c1ccc(Br)s1. The Hall–Kier alpha value is -0.120. The van der Waals surface area contributed by atoms with Crippen molar-refractivity contribution in [3.63, 3.8) is 0 Å². The molecule has 1 rings (SSSR count). The van der Waals surface area contributed by atoms with Gasteiger partial charge in [-0.05, 0) is 41.9 Å². The van der Waals surface area contributed by atoms with Crippen LogP contribution >= 0.6 is 27.3 Å². The zero-order valence-corrected chi connectivity index (χ0v) is 9.45. The van der Waals surface area contributed by atoms with E-state index in [1.54, 1.807) is 11.3 Å². The molecular weight excluding hydrogens is 236 g/mol. The number of thiophene rings is 1. The zero-order chi connectivity index (χ0) is 9.14. The minimum atomic E-state index is -0.453. The van der Waals surface area contributed by atoms with Crippen molar-refractivity contribution in [2.45, 2.75) is 20.0 Å². The third-order valence-electron chi connectivity index (χ3n) is 1.38. The maximum atomic E-state index is 9.62. The maximum absolute atomic E-state index is 9.62. The molecule has 1 heterocycles. The number of hydrogen-bond donors (Lipinski definition) is 1. The van der Waals surface area contributed by atoms with E-state index in [-0.39, 0.29) is 0 Å². The average Bonchev–Trinajstić information content (AvgIpc) is 2.34. The van der Waals surface area contributed by atoms with Gasteiger partial charge in [0, 0.05) is 4.88 Å². The largest absolute Gasteiger partial charge is 0.383 e. The first-order chi connectivity index (χ1) is 5.59. The van der Waals surface area contributed by atoms with E-state index in [9.17, 15) is 5.11 Å². The van der Waals surface area contributed by atoms with Crippen molar-refractivity contribution < 1.29 is 5.11 Å². The summed E-state index contributed by atoms with van der Waals surface area (Å²) in [5.41, 5.74) is 1.13. The van der Waals surface area contributed by atoms with Crippen LogP contribution in [0.1, 0.15) is 24.8 Å². The molecule has 0 aliphatic rings. The van der Waals surface area contributed by atoms with E-state index in [0.29, 0.717) is 0 Å². The normalized spacial score (nSPS) is 12.7. The highest BCUT2D eigenvalue weighted by Crippen LogP contribution is 2.28. The summed E-state index contributed by atoms with van der Waals surface area (Å²) in [6, 6.07) is 3.88. The summed E-state index contributed by atoms with van der Waals surface area (Å²) in [6.45, 7) is 3.96. The van der Waals surface area contributed by atoms with Crippen molar-refractivity contribution in [1.29, 1.82) is 0 Å². The number of aliphatic hydroxyl groups is 1. The molecule has 12 heavy (non-hydrogen) atoms. The Morgan fingerprint density at radius 2 is 2.25 bits per heavy atom. The van der Waals surface area contributed by atoms with E-state index in [2.05, 4.69) is 15.9 Å². The Morgan fingerprint density at radius 1 is 1.58 bits per heavy atom. The number of hydrogen-bond acceptors (Lipinski definition) is 2. The van der Waals surface area contributed by atoms with Crippen LogP contribution in [0.2, 0.25) is 0 Å². The second-order valence-corrected chi connectivity index (χ2v) is 5.33. The monoisotopic (exact) mass is 246 g/mol. The quantitative estimate of drug-likeness (QED) is 0.793. The van der Waals surface area contributed by atoms with Gasteiger partial charge in [-0.1, -0.05) is 11.6 Å². The van der Waals surface area contributed by atoms with Gasteiger partial charge in [0.1, 0.15) is 6.10 Å². The Kier molecular flexibility index (Phi) is 3.50. The molecule has 1 aromatic heterocycles. The molecule has 1 aromatic rings. The summed E-state index contributed by atoms with van der Waals surface area (Å²) in [5, 5.41) is 9.62. The molecular formula is C9H11BrOS. The Balaban J connectivity index is 2.78. The fourth-order valence-electron chi connectivity index (χ4n) is 0.885. The maximum Gasteiger partial charge on any atom is 0.107 e. The number of rotatable bonds is 2. The standard InChI is InChI=1S/C9H11BrOS/c1-6(2)5-7(11)8-3-4-9(10)12-8/h3-5,7,11H,1-2H3. The third kappa shape index (κ3) is 2.73. The number of halogens is 1. The Morgan fingerprint density at radius 3 is 2.67 bits per heavy atom. The van der Waals surface area contributed by atoms with Crippen molar-refractivity contribution in [1.82, 2.24) is 0 Å². The lowest BCUT2D eigenvalue weighted by Crippen LogP contribution is -1.88. The summed E-state index contributed by atoms with van der Waals surface area (Å²) in [5.74, 6) is 0. The number of allylic oxidation sites excluding steroid dienone is 1. The molecule has 1 unspecified atom stereocenters. The zero-order valence-electron chi connectivity index (χ0n) is 7.04. The van der Waals surface area contributed by atoms with Gasteiger partial charge in [-0.2, -0.15) is 0 Å².